The van der Waals surface area contributed by atoms with Gasteiger partial charge in [-0.05, 0) is 26.0 Å². The van der Waals surface area contributed by atoms with Gasteiger partial charge in [0.05, 0.1) is 13.2 Å². The van der Waals surface area contributed by atoms with E-state index in [1.165, 1.54) is 6.08 Å². The van der Waals surface area contributed by atoms with Crippen molar-refractivity contribution < 1.29 is 14.3 Å². The lowest BCUT2D eigenvalue weighted by atomic mass is 10.3. The summed E-state index contributed by atoms with van der Waals surface area (Å²) in [7, 11) is 0. The van der Waals surface area contributed by atoms with E-state index >= 15 is 0 Å². The Kier molecular flexibility index (Phi) is 7.18. The van der Waals surface area contributed by atoms with Crippen molar-refractivity contribution in [3.05, 3.63) is 24.8 Å². The lowest BCUT2D eigenvalue weighted by Crippen LogP contribution is -2.23. The van der Waals surface area contributed by atoms with Gasteiger partial charge in [-0.3, -0.25) is 4.79 Å². The molecule has 0 spiro atoms. The maximum Gasteiger partial charge on any atom is 0.333 e. The van der Waals surface area contributed by atoms with Gasteiger partial charge in [-0.25, -0.2) is 4.79 Å². The topological polar surface area (TPSA) is 55.4 Å². The van der Waals surface area contributed by atoms with E-state index in [1.54, 1.807) is 6.92 Å². The van der Waals surface area contributed by atoms with Crippen molar-refractivity contribution >= 4 is 11.8 Å². The Bertz CT molecular complexity index is 259. The van der Waals surface area contributed by atoms with E-state index < -0.39 is 0 Å². The second-order valence-corrected chi connectivity index (χ2v) is 3.12. The second kappa shape index (κ2) is 7.94. The highest BCUT2D eigenvalue weighted by atomic mass is 16.5. The van der Waals surface area contributed by atoms with E-state index in [1.807, 2.05) is 0 Å². The fourth-order valence-corrected chi connectivity index (χ4v) is 0.769. The Balaban J connectivity index is 3.32. The Labute approximate surface area is 90.0 Å². The lowest BCUT2D eigenvalue weighted by Gasteiger charge is -2.04. The van der Waals surface area contributed by atoms with Crippen molar-refractivity contribution in [1.29, 1.82) is 0 Å². The zero-order valence-corrected chi connectivity index (χ0v) is 9.04. The van der Waals surface area contributed by atoms with Crippen molar-refractivity contribution in [3.8, 4) is 0 Å². The number of ether oxygens (including phenoxy) is 1. The number of rotatable bonds is 8. The molecule has 84 valence electrons. The van der Waals surface area contributed by atoms with Gasteiger partial charge in [0.1, 0.15) is 0 Å². The number of nitrogens with one attached hydrogen (secondary N) is 1. The minimum Gasteiger partial charge on any atom is -0.462 e. The van der Waals surface area contributed by atoms with Crippen molar-refractivity contribution in [2.24, 2.45) is 0 Å². The fraction of sp³-hybridized carbons (Fsp3) is 0.455. The summed E-state index contributed by atoms with van der Waals surface area (Å²) in [4.78, 5) is 21.7. The number of ketones is 1. The quantitative estimate of drug-likeness (QED) is 0.367. The SMILES string of the molecule is C=CC(=O)CNCCCOC(=O)C(=C)C. The Morgan fingerprint density at radius 2 is 2.13 bits per heavy atom. The predicted octanol–water partition coefficient (Wildman–Crippen LogP) is 0.841. The van der Waals surface area contributed by atoms with Crippen LogP contribution in [-0.2, 0) is 14.3 Å². The second-order valence-electron chi connectivity index (χ2n) is 3.12. The van der Waals surface area contributed by atoms with Gasteiger partial charge in [0.15, 0.2) is 5.78 Å². The van der Waals surface area contributed by atoms with E-state index in [2.05, 4.69) is 18.5 Å². The summed E-state index contributed by atoms with van der Waals surface area (Å²) < 4.78 is 4.85. The first-order valence-electron chi connectivity index (χ1n) is 4.76. The minimum absolute atomic E-state index is 0.0473. The summed E-state index contributed by atoms with van der Waals surface area (Å²) in [5.41, 5.74) is 0.393. The normalized spacial score (nSPS) is 9.40. The molecule has 15 heavy (non-hydrogen) atoms. The van der Waals surface area contributed by atoms with Crippen molar-refractivity contribution in [1.82, 2.24) is 5.32 Å². The van der Waals surface area contributed by atoms with Gasteiger partial charge in [0.25, 0.3) is 0 Å². The third-order valence-corrected chi connectivity index (χ3v) is 1.61. The molecule has 4 nitrogen and oxygen atoms in total. The van der Waals surface area contributed by atoms with Gasteiger partial charge in [-0.1, -0.05) is 13.2 Å². The largest absolute Gasteiger partial charge is 0.462 e. The lowest BCUT2D eigenvalue weighted by molar-refractivity contribution is -0.139. The molecular weight excluding hydrogens is 194 g/mol. The molecule has 1 N–H and O–H groups in total. The maximum atomic E-state index is 10.9. The van der Waals surface area contributed by atoms with Crippen molar-refractivity contribution in [2.45, 2.75) is 13.3 Å². The molecule has 0 atom stereocenters. The molecular formula is C11H17NO3. The summed E-state index contributed by atoms with van der Waals surface area (Å²) in [6.45, 7) is 9.65. The van der Waals surface area contributed by atoms with Crippen LogP contribution in [0.2, 0.25) is 0 Å². The number of carbonyl (C=O) groups excluding carboxylic acids is 2. The van der Waals surface area contributed by atoms with Crippen LogP contribution in [0.1, 0.15) is 13.3 Å². The predicted molar refractivity (Wildman–Crippen MR) is 58.5 cm³/mol. The summed E-state index contributed by atoms with van der Waals surface area (Å²) in [5, 5.41) is 2.90. The van der Waals surface area contributed by atoms with Crippen LogP contribution >= 0.6 is 0 Å². The van der Waals surface area contributed by atoms with Gasteiger partial charge >= 0.3 is 5.97 Å². The highest BCUT2D eigenvalue weighted by Crippen LogP contribution is 1.92. The standard InChI is InChI=1S/C11H17NO3/c1-4-10(13)8-12-6-5-7-15-11(14)9(2)3/h4,12H,1-2,5-8H2,3H3. The molecule has 0 radical (unpaired) electrons. The number of hydrogen-bond donors (Lipinski definition) is 1. The summed E-state index contributed by atoms with van der Waals surface area (Å²) in [5.74, 6) is -0.425. The molecule has 0 bridgehead atoms. The van der Waals surface area contributed by atoms with Crippen LogP contribution in [0, 0.1) is 0 Å². The molecule has 0 saturated heterocycles. The molecule has 0 aliphatic carbocycles. The number of esters is 1. The maximum absolute atomic E-state index is 10.9. The third-order valence-electron chi connectivity index (χ3n) is 1.61. The number of hydrogen-bond acceptors (Lipinski definition) is 4. The molecule has 0 aliphatic rings. The zero-order valence-electron chi connectivity index (χ0n) is 9.04. The van der Waals surface area contributed by atoms with Crippen LogP contribution in [0.3, 0.4) is 0 Å². The van der Waals surface area contributed by atoms with Crippen LogP contribution in [-0.4, -0.2) is 31.4 Å². The monoisotopic (exact) mass is 211 g/mol. The molecule has 0 fully saturated rings. The number of carbonyl (C=O) groups is 2. The molecule has 0 aromatic carbocycles. The third kappa shape index (κ3) is 7.64. The molecule has 0 aromatic heterocycles. The minimum atomic E-state index is -0.378. The van der Waals surface area contributed by atoms with Gasteiger partial charge in [-0.2, -0.15) is 0 Å². The molecule has 0 rings (SSSR count). The fourth-order valence-electron chi connectivity index (χ4n) is 0.769. The van der Waals surface area contributed by atoms with Crippen LogP contribution in [0.25, 0.3) is 0 Å². The Morgan fingerprint density at radius 3 is 2.67 bits per heavy atom. The highest BCUT2D eigenvalue weighted by Gasteiger charge is 2.01. The molecule has 0 amide bonds. The first-order chi connectivity index (χ1) is 7.07. The molecule has 0 aliphatic heterocycles. The Morgan fingerprint density at radius 1 is 1.47 bits per heavy atom. The van der Waals surface area contributed by atoms with Gasteiger partial charge in [-0.15, -0.1) is 0 Å². The van der Waals surface area contributed by atoms with E-state index in [9.17, 15) is 9.59 Å². The van der Waals surface area contributed by atoms with Crippen LogP contribution in [0.5, 0.6) is 0 Å². The summed E-state index contributed by atoms with van der Waals surface area (Å²) in [6.07, 6.45) is 1.94. The summed E-state index contributed by atoms with van der Waals surface area (Å²) >= 11 is 0. The smallest absolute Gasteiger partial charge is 0.333 e. The average molecular weight is 211 g/mol. The van der Waals surface area contributed by atoms with Crippen molar-refractivity contribution in [2.75, 3.05) is 19.7 Å². The molecule has 0 unspecified atom stereocenters. The van der Waals surface area contributed by atoms with Crippen LogP contribution in [0.4, 0.5) is 0 Å². The van der Waals surface area contributed by atoms with E-state index in [0.717, 1.165) is 0 Å². The van der Waals surface area contributed by atoms with E-state index in [0.29, 0.717) is 25.1 Å². The van der Waals surface area contributed by atoms with Gasteiger partial charge in [0.2, 0.25) is 0 Å². The molecule has 4 heteroatoms. The van der Waals surface area contributed by atoms with E-state index in [4.69, 9.17) is 4.74 Å². The van der Waals surface area contributed by atoms with Gasteiger partial charge in [0, 0.05) is 5.57 Å². The molecule has 0 saturated carbocycles. The highest BCUT2D eigenvalue weighted by molar-refractivity contribution is 5.90. The van der Waals surface area contributed by atoms with Crippen molar-refractivity contribution in [3.63, 3.8) is 0 Å². The summed E-state index contributed by atoms with van der Waals surface area (Å²) in [6, 6.07) is 0. The first-order valence-corrected chi connectivity index (χ1v) is 4.76. The van der Waals surface area contributed by atoms with Crippen LogP contribution < -0.4 is 5.32 Å². The molecule has 0 heterocycles. The van der Waals surface area contributed by atoms with Crippen LogP contribution in [0.15, 0.2) is 24.8 Å². The zero-order chi connectivity index (χ0) is 11.7. The van der Waals surface area contributed by atoms with Gasteiger partial charge < -0.3 is 10.1 Å². The molecule has 0 aromatic rings. The van der Waals surface area contributed by atoms with E-state index in [-0.39, 0.29) is 18.3 Å². The average Bonchev–Trinajstić information content (AvgIpc) is 2.22. The first kappa shape index (κ1) is 13.6. The Hall–Kier alpha value is -1.42.